The van der Waals surface area contributed by atoms with Crippen LogP contribution in [0.2, 0.25) is 5.02 Å². The van der Waals surface area contributed by atoms with Gasteiger partial charge in [-0.1, -0.05) is 37.6 Å². The number of ketones is 1. The van der Waals surface area contributed by atoms with Crippen LogP contribution in [0.5, 0.6) is 11.6 Å². The summed E-state index contributed by atoms with van der Waals surface area (Å²) in [6, 6.07) is 3.89. The lowest BCUT2D eigenvalue weighted by molar-refractivity contribution is -0.257. The molecular weight excluding hydrogens is 815 g/mol. The van der Waals surface area contributed by atoms with Gasteiger partial charge in [0, 0.05) is 28.6 Å². The van der Waals surface area contributed by atoms with Crippen molar-refractivity contribution >= 4 is 56.0 Å². The van der Waals surface area contributed by atoms with Crippen molar-refractivity contribution < 1.29 is 55.0 Å². The highest BCUT2D eigenvalue weighted by Crippen LogP contribution is 2.58. The SMILES string of the molecule is CCOc1cnc(O[C@@H]2C[C@H]3C(=O)C[C@]4(C(=O)NS(=O)(=O)C5(C)CC5)C[C@H]4/C=C\CC[C@@H](C)C[C@@H](C)[C@H](CC(=O)OC(C)(C)C(F)(F)F)C(=O)N3C2)c2cc(Cl)ccc12. The first kappa shape index (κ1) is 44.6. The van der Waals surface area contributed by atoms with Crippen molar-refractivity contribution in [1.82, 2.24) is 14.6 Å². The van der Waals surface area contributed by atoms with Crippen molar-refractivity contribution in [2.24, 2.45) is 29.1 Å². The first-order valence-electron chi connectivity index (χ1n) is 20.2. The van der Waals surface area contributed by atoms with E-state index in [1.54, 1.807) is 32.0 Å². The molecule has 4 aliphatic rings. The summed E-state index contributed by atoms with van der Waals surface area (Å²) in [6.07, 6.45) is 1.09. The van der Waals surface area contributed by atoms with E-state index in [-0.39, 0.29) is 37.6 Å². The number of nitrogens with one attached hydrogen (secondary N) is 1. The third-order valence-corrected chi connectivity index (χ3v) is 15.0. The molecule has 1 N–H and O–H groups in total. The Labute approximate surface area is 348 Å². The zero-order valence-electron chi connectivity index (χ0n) is 34.2. The van der Waals surface area contributed by atoms with E-state index in [0.717, 1.165) is 13.8 Å². The standard InChI is InChI=1S/C42H53ClF3N3O9S/c1-7-56-34-22-47-36(31-17-27(43)12-13-29(31)34)57-28-18-32-33(50)21-41(38(53)48-59(54,55)40(6)14-15-40)20-26(41)11-9-8-10-24(2)16-25(3)30(37(52)49(32)23-28)19-35(51)58-39(4,5)42(44,45)46/h9,11-13,17,22,24-26,28,30,32H,7-8,10,14-16,18-21,23H2,1-6H3,(H,48,53)/b11-9-/t24-,25-,26-,28-,30+,32+,41-/m1/s1. The van der Waals surface area contributed by atoms with Gasteiger partial charge in [0.15, 0.2) is 5.78 Å². The van der Waals surface area contributed by atoms with Crippen LogP contribution in [0.1, 0.15) is 99.3 Å². The lowest BCUT2D eigenvalue weighted by atomic mass is 9.82. The zero-order valence-corrected chi connectivity index (χ0v) is 35.8. The van der Waals surface area contributed by atoms with Gasteiger partial charge in [-0.05, 0) is 102 Å². The molecule has 2 saturated carbocycles. The molecule has 0 spiro atoms. The van der Waals surface area contributed by atoms with Crippen LogP contribution in [-0.2, 0) is 33.9 Å². The van der Waals surface area contributed by atoms with Crippen LogP contribution in [-0.4, -0.2) is 83.7 Å². The number of alkyl halides is 3. The first-order valence-corrected chi connectivity index (χ1v) is 22.1. The number of rotatable bonds is 10. The van der Waals surface area contributed by atoms with Crippen LogP contribution in [0.25, 0.3) is 10.8 Å². The predicted octanol–water partition coefficient (Wildman–Crippen LogP) is 7.50. The molecule has 2 aromatic rings. The van der Waals surface area contributed by atoms with Crippen LogP contribution in [0, 0.1) is 29.1 Å². The molecule has 1 saturated heterocycles. The number of allylic oxidation sites excluding steroid dienone is 2. The number of benzene rings is 1. The molecule has 7 atom stereocenters. The van der Waals surface area contributed by atoms with E-state index in [9.17, 15) is 40.8 Å². The Morgan fingerprint density at radius 1 is 1.10 bits per heavy atom. The fourth-order valence-electron chi connectivity index (χ4n) is 8.34. The normalized spacial score (nSPS) is 29.4. The van der Waals surface area contributed by atoms with Crippen LogP contribution in [0.15, 0.2) is 36.5 Å². The van der Waals surface area contributed by atoms with E-state index in [1.165, 1.54) is 11.1 Å². The number of carbonyl (C=O) groups is 4. The average molecular weight is 868 g/mol. The number of hydrogen-bond donors (Lipinski definition) is 1. The second kappa shape index (κ2) is 16.5. The predicted molar refractivity (Wildman–Crippen MR) is 213 cm³/mol. The van der Waals surface area contributed by atoms with E-state index in [2.05, 4.69) is 9.71 Å². The minimum Gasteiger partial charge on any atom is -0.492 e. The summed E-state index contributed by atoms with van der Waals surface area (Å²) in [5.74, 6) is -4.66. The Balaban J connectivity index is 1.37. The molecule has 6 rings (SSSR count). The number of halogens is 4. The molecule has 3 fully saturated rings. The Hall–Kier alpha value is -3.92. The number of sulfonamides is 1. The van der Waals surface area contributed by atoms with Gasteiger partial charge in [0.1, 0.15) is 11.9 Å². The highest BCUT2D eigenvalue weighted by atomic mass is 35.5. The van der Waals surface area contributed by atoms with Crippen molar-refractivity contribution in [3.8, 4) is 11.6 Å². The van der Waals surface area contributed by atoms with Crippen molar-refractivity contribution in [1.29, 1.82) is 0 Å². The summed E-state index contributed by atoms with van der Waals surface area (Å²) in [5, 5.41) is 1.55. The third kappa shape index (κ3) is 9.38. The van der Waals surface area contributed by atoms with Crippen molar-refractivity contribution in [2.45, 2.75) is 128 Å². The maximum absolute atomic E-state index is 14.9. The van der Waals surface area contributed by atoms with Gasteiger partial charge in [0.05, 0.1) is 47.9 Å². The molecule has 1 aromatic heterocycles. The first-order chi connectivity index (χ1) is 27.5. The van der Waals surface area contributed by atoms with E-state index in [1.807, 2.05) is 26.0 Å². The molecule has 1 aromatic carbocycles. The number of esters is 1. The average Bonchev–Trinajstić information content (AvgIpc) is 4.02. The number of carbonyl (C=O) groups excluding carboxylic acids is 4. The molecule has 324 valence electrons. The van der Waals surface area contributed by atoms with Crippen LogP contribution in [0.3, 0.4) is 0 Å². The van der Waals surface area contributed by atoms with Crippen molar-refractivity contribution in [2.75, 3.05) is 13.2 Å². The zero-order chi connectivity index (χ0) is 43.3. The van der Waals surface area contributed by atoms with Gasteiger partial charge in [-0.2, -0.15) is 13.2 Å². The second-order valence-electron chi connectivity index (χ2n) is 17.6. The summed E-state index contributed by atoms with van der Waals surface area (Å²) in [4.78, 5) is 62.6. The van der Waals surface area contributed by atoms with Gasteiger partial charge >= 0.3 is 12.1 Å². The van der Waals surface area contributed by atoms with E-state index in [4.69, 9.17) is 25.8 Å². The minimum absolute atomic E-state index is 0.00679. The van der Waals surface area contributed by atoms with Crippen LogP contribution >= 0.6 is 11.6 Å². The summed E-state index contributed by atoms with van der Waals surface area (Å²) < 4.78 is 86.1. The maximum atomic E-state index is 14.9. The van der Waals surface area contributed by atoms with Crippen molar-refractivity contribution in [3.63, 3.8) is 0 Å². The van der Waals surface area contributed by atoms with Gasteiger partial charge in [-0.25, -0.2) is 13.4 Å². The summed E-state index contributed by atoms with van der Waals surface area (Å²) >= 11 is 6.38. The fourth-order valence-corrected chi connectivity index (χ4v) is 9.84. The van der Waals surface area contributed by atoms with E-state index >= 15 is 0 Å². The van der Waals surface area contributed by atoms with Gasteiger partial charge in [-0.3, -0.25) is 23.9 Å². The highest BCUT2D eigenvalue weighted by Gasteiger charge is 2.63. The van der Waals surface area contributed by atoms with Gasteiger partial charge in [0.2, 0.25) is 33.3 Å². The second-order valence-corrected chi connectivity index (χ2v) is 20.3. The molecule has 2 aliphatic carbocycles. The van der Waals surface area contributed by atoms with Gasteiger partial charge in [0.25, 0.3) is 0 Å². The molecule has 0 radical (unpaired) electrons. The van der Waals surface area contributed by atoms with Gasteiger partial charge < -0.3 is 19.1 Å². The Kier molecular flexibility index (Phi) is 12.5. The van der Waals surface area contributed by atoms with Crippen LogP contribution in [0.4, 0.5) is 13.2 Å². The van der Waals surface area contributed by atoms with E-state index in [0.29, 0.717) is 60.3 Å². The number of nitrogens with zero attached hydrogens (tertiary/aromatic N) is 2. The number of amides is 2. The summed E-state index contributed by atoms with van der Waals surface area (Å²) in [5.41, 5.74) is -4.22. The molecule has 0 bridgehead atoms. The number of pyridine rings is 1. The Morgan fingerprint density at radius 2 is 1.81 bits per heavy atom. The lowest BCUT2D eigenvalue weighted by Gasteiger charge is -2.33. The fraction of sp³-hybridized carbons (Fsp3) is 0.643. The summed E-state index contributed by atoms with van der Waals surface area (Å²) in [7, 11) is -4.04. The van der Waals surface area contributed by atoms with Crippen molar-refractivity contribution in [3.05, 3.63) is 41.6 Å². The topological polar surface area (TPSA) is 158 Å². The minimum atomic E-state index is -4.87. The van der Waals surface area contributed by atoms with Gasteiger partial charge in [-0.15, -0.1) is 0 Å². The van der Waals surface area contributed by atoms with Crippen LogP contribution < -0.4 is 14.2 Å². The number of fused-ring (bicyclic) bond motifs is 3. The maximum Gasteiger partial charge on any atom is 0.427 e. The molecule has 2 aliphatic heterocycles. The highest BCUT2D eigenvalue weighted by molar-refractivity contribution is 7.91. The third-order valence-electron chi connectivity index (χ3n) is 12.6. The quantitative estimate of drug-likeness (QED) is 0.187. The molecule has 2 amide bonds. The number of hydrogen-bond acceptors (Lipinski definition) is 10. The Morgan fingerprint density at radius 3 is 2.47 bits per heavy atom. The molecule has 3 heterocycles. The molecule has 59 heavy (non-hydrogen) atoms. The molecular formula is C42H53ClF3N3O9S. The molecule has 12 nitrogen and oxygen atoms in total. The molecule has 17 heteroatoms. The number of Topliss-reactive ketones (excluding diaryl/α,β-unsaturated/α-hetero) is 1. The number of ether oxygens (including phenoxy) is 3. The lowest BCUT2D eigenvalue weighted by Crippen LogP contribution is -2.48. The smallest absolute Gasteiger partial charge is 0.427 e. The summed E-state index contributed by atoms with van der Waals surface area (Å²) in [6.45, 7) is 8.78. The molecule has 0 unspecified atom stereocenters. The number of aromatic nitrogens is 1. The monoisotopic (exact) mass is 867 g/mol. The Bertz CT molecular complexity index is 2130. The van der Waals surface area contributed by atoms with E-state index < -0.39 is 91.8 Å². The largest absolute Gasteiger partial charge is 0.492 e.